The Morgan fingerprint density at radius 2 is 2.20 bits per heavy atom. The van der Waals surface area contributed by atoms with Crippen molar-refractivity contribution in [2.24, 2.45) is 10.7 Å². The summed E-state index contributed by atoms with van der Waals surface area (Å²) in [5.41, 5.74) is 6.96. The Kier molecular flexibility index (Phi) is 7.61. The Morgan fingerprint density at radius 3 is 2.80 bits per heavy atom. The Labute approximate surface area is 142 Å². The smallest absolute Gasteiger partial charge is 0.189 e. The first-order valence-electron chi connectivity index (χ1n) is 6.57. The van der Waals surface area contributed by atoms with Crippen LogP contribution in [0.2, 0.25) is 5.02 Å². The van der Waals surface area contributed by atoms with Gasteiger partial charge in [0.2, 0.25) is 0 Å². The van der Waals surface area contributed by atoms with E-state index in [0.29, 0.717) is 12.5 Å². The lowest BCUT2D eigenvalue weighted by atomic mass is 10.1. The third kappa shape index (κ3) is 5.46. The number of hydrogen-bond acceptors (Lipinski definition) is 2. The van der Waals surface area contributed by atoms with E-state index < -0.39 is 0 Å². The van der Waals surface area contributed by atoms with Gasteiger partial charge >= 0.3 is 0 Å². The molecule has 0 aliphatic carbocycles. The van der Waals surface area contributed by atoms with Gasteiger partial charge in [-0.25, -0.2) is 4.99 Å². The van der Waals surface area contributed by atoms with Gasteiger partial charge in [0.1, 0.15) is 0 Å². The molecular weight excluding hydrogens is 389 g/mol. The third-order valence-corrected chi connectivity index (χ3v) is 3.50. The van der Waals surface area contributed by atoms with E-state index in [1.54, 1.807) is 0 Å². The Balaban J connectivity index is 0.00000200. The number of aliphatic imine (C=N–C) groups is 1. The van der Waals surface area contributed by atoms with Crippen LogP contribution in [0.15, 0.2) is 29.3 Å². The van der Waals surface area contributed by atoms with Gasteiger partial charge in [-0.2, -0.15) is 0 Å². The highest BCUT2D eigenvalue weighted by molar-refractivity contribution is 14.0. The van der Waals surface area contributed by atoms with Gasteiger partial charge in [-0.3, -0.25) is 0 Å². The number of rotatable bonds is 4. The van der Waals surface area contributed by atoms with Gasteiger partial charge in [0.05, 0.1) is 18.7 Å². The number of guanidine groups is 1. The lowest BCUT2D eigenvalue weighted by Crippen LogP contribution is -2.44. The fourth-order valence-corrected chi connectivity index (χ4v) is 2.26. The van der Waals surface area contributed by atoms with Crippen LogP contribution in [0.1, 0.15) is 25.3 Å². The molecule has 0 aromatic heterocycles. The van der Waals surface area contributed by atoms with Crippen LogP contribution in [0.3, 0.4) is 0 Å². The largest absolute Gasteiger partial charge is 0.376 e. The Hall–Kier alpha value is -0.530. The first kappa shape index (κ1) is 17.5. The number of nitrogens with one attached hydrogen (secondary N) is 1. The molecule has 0 amide bonds. The van der Waals surface area contributed by atoms with E-state index in [-0.39, 0.29) is 36.1 Å². The van der Waals surface area contributed by atoms with E-state index in [9.17, 15) is 0 Å². The van der Waals surface area contributed by atoms with Crippen molar-refractivity contribution in [3.63, 3.8) is 0 Å². The molecule has 1 aromatic carbocycles. The maximum Gasteiger partial charge on any atom is 0.189 e. The molecule has 1 fully saturated rings. The van der Waals surface area contributed by atoms with Crippen molar-refractivity contribution in [3.8, 4) is 0 Å². The number of ether oxygens (including phenoxy) is 1. The number of benzene rings is 1. The summed E-state index contributed by atoms with van der Waals surface area (Å²) in [6.45, 7) is 3.47. The molecule has 112 valence electrons. The predicted molar refractivity (Wildman–Crippen MR) is 93.8 cm³/mol. The van der Waals surface area contributed by atoms with Gasteiger partial charge in [0.25, 0.3) is 0 Å². The summed E-state index contributed by atoms with van der Waals surface area (Å²) in [6, 6.07) is 7.79. The van der Waals surface area contributed by atoms with Gasteiger partial charge in [-0.1, -0.05) is 23.7 Å². The van der Waals surface area contributed by atoms with Gasteiger partial charge in [-0.15, -0.1) is 24.0 Å². The van der Waals surface area contributed by atoms with E-state index in [0.717, 1.165) is 30.0 Å². The molecule has 2 unspecified atom stereocenters. The molecule has 1 aliphatic heterocycles. The fraction of sp³-hybridized carbons (Fsp3) is 0.500. The van der Waals surface area contributed by atoms with E-state index in [2.05, 4.69) is 17.2 Å². The van der Waals surface area contributed by atoms with Crippen molar-refractivity contribution in [2.45, 2.75) is 38.5 Å². The molecule has 2 rings (SSSR count). The first-order chi connectivity index (χ1) is 9.15. The molecule has 0 bridgehead atoms. The van der Waals surface area contributed by atoms with Crippen molar-refractivity contribution in [3.05, 3.63) is 34.9 Å². The highest BCUT2D eigenvalue weighted by Crippen LogP contribution is 2.15. The van der Waals surface area contributed by atoms with Gasteiger partial charge in [0, 0.05) is 11.6 Å². The van der Waals surface area contributed by atoms with Gasteiger partial charge in [0.15, 0.2) is 5.96 Å². The topological polar surface area (TPSA) is 59.6 Å². The van der Waals surface area contributed by atoms with Crippen molar-refractivity contribution in [2.75, 3.05) is 6.61 Å². The maximum atomic E-state index is 5.88. The lowest BCUT2D eigenvalue weighted by molar-refractivity contribution is 0.0892. The van der Waals surface area contributed by atoms with Crippen LogP contribution in [0.4, 0.5) is 0 Å². The minimum atomic E-state index is 0. The molecule has 0 saturated carbocycles. The summed E-state index contributed by atoms with van der Waals surface area (Å²) in [4.78, 5) is 4.32. The van der Waals surface area contributed by atoms with E-state index in [1.807, 2.05) is 24.3 Å². The molecule has 20 heavy (non-hydrogen) atoms. The number of hydrogen-bond donors (Lipinski definition) is 2. The Bertz CT molecular complexity index is 433. The summed E-state index contributed by atoms with van der Waals surface area (Å²) in [7, 11) is 0. The van der Waals surface area contributed by atoms with Crippen molar-refractivity contribution < 1.29 is 4.74 Å². The van der Waals surface area contributed by atoms with Crippen LogP contribution in [0.5, 0.6) is 0 Å². The second-order valence-corrected chi connectivity index (χ2v) is 5.25. The van der Waals surface area contributed by atoms with E-state index >= 15 is 0 Å². The summed E-state index contributed by atoms with van der Waals surface area (Å²) < 4.78 is 5.60. The van der Waals surface area contributed by atoms with Crippen LogP contribution < -0.4 is 11.1 Å². The van der Waals surface area contributed by atoms with E-state index in [4.69, 9.17) is 22.1 Å². The quantitative estimate of drug-likeness (QED) is 0.457. The molecule has 0 radical (unpaired) electrons. The summed E-state index contributed by atoms with van der Waals surface area (Å²) in [6.07, 6.45) is 2.45. The molecule has 3 N–H and O–H groups in total. The fourth-order valence-electron chi connectivity index (χ4n) is 2.14. The summed E-state index contributed by atoms with van der Waals surface area (Å²) >= 11 is 5.83. The zero-order valence-electron chi connectivity index (χ0n) is 11.5. The molecule has 1 aromatic rings. The normalized spacial score (nSPS) is 20.3. The van der Waals surface area contributed by atoms with Crippen molar-refractivity contribution >= 4 is 41.5 Å². The van der Waals surface area contributed by atoms with Crippen molar-refractivity contribution in [1.82, 2.24) is 5.32 Å². The standard InChI is InChI=1S/C14H20ClN3O.HI/c1-10(13-3-2-8-19-13)18-14(16)17-9-11-4-6-12(15)7-5-11;/h4-7,10,13H,2-3,8-9H2,1H3,(H3,16,17,18);1H. The molecule has 1 heterocycles. The second-order valence-electron chi connectivity index (χ2n) is 4.81. The zero-order valence-corrected chi connectivity index (χ0v) is 14.6. The number of halogens is 2. The molecule has 6 heteroatoms. The molecule has 1 aliphatic rings. The van der Waals surface area contributed by atoms with Crippen LogP contribution in [0.25, 0.3) is 0 Å². The monoisotopic (exact) mass is 409 g/mol. The average molecular weight is 410 g/mol. The second kappa shape index (κ2) is 8.69. The Morgan fingerprint density at radius 1 is 1.50 bits per heavy atom. The third-order valence-electron chi connectivity index (χ3n) is 3.24. The van der Waals surface area contributed by atoms with Gasteiger partial charge < -0.3 is 15.8 Å². The predicted octanol–water partition coefficient (Wildman–Crippen LogP) is 2.93. The van der Waals surface area contributed by atoms with Crippen LogP contribution >= 0.6 is 35.6 Å². The first-order valence-corrected chi connectivity index (χ1v) is 6.95. The average Bonchev–Trinajstić information content (AvgIpc) is 2.92. The molecular formula is C14H21ClIN3O. The van der Waals surface area contributed by atoms with Crippen molar-refractivity contribution in [1.29, 1.82) is 0 Å². The highest BCUT2D eigenvalue weighted by atomic mass is 127. The van der Waals surface area contributed by atoms with Crippen LogP contribution in [0, 0.1) is 0 Å². The molecule has 4 nitrogen and oxygen atoms in total. The van der Waals surface area contributed by atoms with Crippen LogP contribution in [-0.4, -0.2) is 24.7 Å². The number of nitrogens with zero attached hydrogens (tertiary/aromatic N) is 1. The molecule has 0 spiro atoms. The highest BCUT2D eigenvalue weighted by Gasteiger charge is 2.22. The minimum absolute atomic E-state index is 0. The molecule has 2 atom stereocenters. The lowest BCUT2D eigenvalue weighted by Gasteiger charge is -2.20. The minimum Gasteiger partial charge on any atom is -0.376 e. The van der Waals surface area contributed by atoms with Gasteiger partial charge in [-0.05, 0) is 37.5 Å². The summed E-state index contributed by atoms with van der Waals surface area (Å²) in [5, 5.41) is 3.91. The molecule has 1 saturated heterocycles. The zero-order chi connectivity index (χ0) is 13.7. The summed E-state index contributed by atoms with van der Waals surface area (Å²) in [5.74, 6) is 0.456. The number of nitrogens with two attached hydrogens (primary N) is 1. The van der Waals surface area contributed by atoms with E-state index in [1.165, 1.54) is 0 Å². The SMILES string of the molecule is CC(NC(N)=NCc1ccc(Cl)cc1)C1CCCO1.I. The maximum absolute atomic E-state index is 5.88. The van der Waals surface area contributed by atoms with Crippen LogP contribution in [-0.2, 0) is 11.3 Å².